The summed E-state index contributed by atoms with van der Waals surface area (Å²) in [7, 11) is 0. The highest BCUT2D eigenvalue weighted by Gasteiger charge is 2.45. The predicted octanol–water partition coefficient (Wildman–Crippen LogP) is 4.26. The van der Waals surface area contributed by atoms with Crippen molar-refractivity contribution >= 4 is 34.0 Å². The van der Waals surface area contributed by atoms with Gasteiger partial charge in [-0.3, -0.25) is 9.25 Å². The number of aryl methyl sites for hydroxylation is 1. The molecule has 0 amide bonds. The number of aromatic nitrogens is 6. The molecule has 6 heterocycles. The molecule has 0 radical (unpaired) electrons. The number of nitrogens with one attached hydrogen (secondary N) is 1. The molecular weight excluding hydrogens is 436 g/mol. The summed E-state index contributed by atoms with van der Waals surface area (Å²) in [6, 6.07) is 8.24. The Morgan fingerprint density at radius 2 is 2.15 bits per heavy atom. The minimum Gasteiger partial charge on any atom is -0.458 e. The molecule has 0 aromatic carbocycles. The van der Waals surface area contributed by atoms with E-state index in [1.807, 2.05) is 48.4 Å². The number of rotatable bonds is 6. The summed E-state index contributed by atoms with van der Waals surface area (Å²) >= 11 is 1.80. The molecular formula is C23H22N8OS. The van der Waals surface area contributed by atoms with Crippen molar-refractivity contribution in [3.8, 4) is 23.3 Å². The van der Waals surface area contributed by atoms with Crippen LogP contribution < -0.4 is 0 Å². The zero-order valence-corrected chi connectivity index (χ0v) is 19.1. The Kier molecular flexibility index (Phi) is 4.57. The lowest BCUT2D eigenvalue weighted by Gasteiger charge is -2.48. The molecule has 1 N–H and O–H groups in total. The molecule has 166 valence electrons. The molecule has 0 spiro atoms. The lowest BCUT2D eigenvalue weighted by Crippen LogP contribution is -2.60. The maximum atomic E-state index is 9.51. The van der Waals surface area contributed by atoms with Gasteiger partial charge in [0.2, 0.25) is 0 Å². The van der Waals surface area contributed by atoms with Gasteiger partial charge in [0, 0.05) is 36.6 Å². The minimum absolute atomic E-state index is 0.321. The number of imidazole rings is 1. The second-order valence-electron chi connectivity index (χ2n) is 8.33. The largest absolute Gasteiger partial charge is 0.458 e. The standard InChI is InChI=1S/C23H22N8OS/c1-3-33-29-13-23(14-29,7-8-24)30-12-16(10-27-30)31-20-17-6-9-25-21(17)26-11-18(20)28-22(31)19-5-4-15(2)32-19/h4-6,9-12H,3,7,13-14H2,1-2H3,(H,25,26). The fourth-order valence-corrected chi connectivity index (χ4v) is 5.63. The third kappa shape index (κ3) is 3.08. The molecule has 6 rings (SSSR count). The van der Waals surface area contributed by atoms with E-state index < -0.39 is 0 Å². The quantitative estimate of drug-likeness (QED) is 0.379. The molecule has 0 bridgehead atoms. The van der Waals surface area contributed by atoms with Gasteiger partial charge in [0.1, 0.15) is 22.5 Å². The van der Waals surface area contributed by atoms with E-state index in [2.05, 4.69) is 31.8 Å². The van der Waals surface area contributed by atoms with E-state index in [1.54, 1.807) is 18.1 Å². The molecule has 10 heteroatoms. The van der Waals surface area contributed by atoms with Crippen LogP contribution in [0, 0.1) is 18.3 Å². The Morgan fingerprint density at radius 3 is 2.91 bits per heavy atom. The van der Waals surface area contributed by atoms with Crippen LogP contribution in [0.3, 0.4) is 0 Å². The van der Waals surface area contributed by atoms with Crippen molar-refractivity contribution in [3.05, 3.63) is 48.7 Å². The van der Waals surface area contributed by atoms with E-state index in [-0.39, 0.29) is 5.54 Å². The molecule has 0 aliphatic carbocycles. The predicted molar refractivity (Wildman–Crippen MR) is 127 cm³/mol. The Labute approximate surface area is 194 Å². The number of furan rings is 1. The maximum Gasteiger partial charge on any atom is 0.182 e. The molecule has 0 saturated carbocycles. The summed E-state index contributed by atoms with van der Waals surface area (Å²) in [5.74, 6) is 3.21. The number of fused-ring (bicyclic) bond motifs is 3. The van der Waals surface area contributed by atoms with Gasteiger partial charge in [0.15, 0.2) is 11.6 Å². The number of nitrogens with zero attached hydrogens (tertiary/aromatic N) is 7. The van der Waals surface area contributed by atoms with Crippen molar-refractivity contribution in [2.45, 2.75) is 25.8 Å². The molecule has 0 unspecified atom stereocenters. The van der Waals surface area contributed by atoms with E-state index in [1.165, 1.54) is 0 Å². The van der Waals surface area contributed by atoms with Gasteiger partial charge in [-0.05, 0) is 25.1 Å². The van der Waals surface area contributed by atoms with Gasteiger partial charge in [-0.25, -0.2) is 14.3 Å². The average Bonchev–Trinajstić information content (AvgIpc) is 3.55. The van der Waals surface area contributed by atoms with Gasteiger partial charge in [-0.1, -0.05) is 18.9 Å². The second kappa shape index (κ2) is 7.50. The summed E-state index contributed by atoms with van der Waals surface area (Å²) in [5.41, 5.74) is 3.06. The van der Waals surface area contributed by atoms with Gasteiger partial charge >= 0.3 is 0 Å². The van der Waals surface area contributed by atoms with Crippen LogP contribution in [0.4, 0.5) is 0 Å². The third-order valence-corrected chi connectivity index (χ3v) is 7.02. The van der Waals surface area contributed by atoms with Crippen molar-refractivity contribution in [1.29, 1.82) is 5.26 Å². The molecule has 5 aromatic heterocycles. The van der Waals surface area contributed by atoms with Crippen LogP contribution in [0.2, 0.25) is 0 Å². The number of pyridine rings is 1. The van der Waals surface area contributed by atoms with Crippen molar-refractivity contribution in [3.63, 3.8) is 0 Å². The Hall–Kier alpha value is -3.55. The van der Waals surface area contributed by atoms with E-state index in [9.17, 15) is 5.26 Å². The molecule has 33 heavy (non-hydrogen) atoms. The SMILES string of the molecule is CCSN1CC(CC#N)(n2cc(-n3c(-c4ccc(C)o4)nc4cnc5[nH]ccc5c43)cn2)C1. The highest BCUT2D eigenvalue weighted by atomic mass is 32.2. The fraction of sp³-hybridized carbons (Fsp3) is 0.304. The molecule has 1 fully saturated rings. The highest BCUT2D eigenvalue weighted by Crippen LogP contribution is 2.38. The molecule has 0 atom stereocenters. The lowest BCUT2D eigenvalue weighted by atomic mass is 9.89. The van der Waals surface area contributed by atoms with Crippen LogP contribution >= 0.6 is 11.9 Å². The van der Waals surface area contributed by atoms with E-state index >= 15 is 0 Å². The number of aromatic amines is 1. The molecule has 1 aliphatic heterocycles. The van der Waals surface area contributed by atoms with Crippen LogP contribution in [-0.4, -0.2) is 52.4 Å². The van der Waals surface area contributed by atoms with E-state index in [0.717, 1.165) is 52.4 Å². The van der Waals surface area contributed by atoms with Crippen molar-refractivity contribution in [1.82, 2.24) is 33.6 Å². The lowest BCUT2D eigenvalue weighted by molar-refractivity contribution is 0.0811. The van der Waals surface area contributed by atoms with Crippen LogP contribution in [-0.2, 0) is 5.54 Å². The van der Waals surface area contributed by atoms with Crippen molar-refractivity contribution in [2.24, 2.45) is 0 Å². The first kappa shape index (κ1) is 20.1. The number of hydrogen-bond donors (Lipinski definition) is 1. The van der Waals surface area contributed by atoms with Gasteiger partial charge in [-0.2, -0.15) is 10.4 Å². The molecule has 9 nitrogen and oxygen atoms in total. The van der Waals surface area contributed by atoms with Crippen LogP contribution in [0.5, 0.6) is 0 Å². The number of H-pyrrole nitrogens is 1. The highest BCUT2D eigenvalue weighted by molar-refractivity contribution is 7.97. The minimum atomic E-state index is -0.321. The van der Waals surface area contributed by atoms with Gasteiger partial charge in [0.25, 0.3) is 0 Å². The summed E-state index contributed by atoms with van der Waals surface area (Å²) < 4.78 is 12.3. The Bertz CT molecular complexity index is 1510. The van der Waals surface area contributed by atoms with Gasteiger partial charge in [-0.15, -0.1) is 0 Å². The Balaban J connectivity index is 1.52. The summed E-state index contributed by atoms with van der Waals surface area (Å²) in [6.45, 7) is 5.64. The smallest absolute Gasteiger partial charge is 0.182 e. The molecule has 1 aliphatic rings. The molecule has 5 aromatic rings. The Morgan fingerprint density at radius 1 is 1.27 bits per heavy atom. The first-order chi connectivity index (χ1) is 16.1. The van der Waals surface area contributed by atoms with Crippen LogP contribution in [0.15, 0.2) is 47.4 Å². The summed E-state index contributed by atoms with van der Waals surface area (Å²) in [4.78, 5) is 12.6. The van der Waals surface area contributed by atoms with E-state index in [0.29, 0.717) is 18.0 Å². The van der Waals surface area contributed by atoms with Gasteiger partial charge < -0.3 is 9.40 Å². The number of hydrogen-bond acceptors (Lipinski definition) is 7. The normalized spacial score (nSPS) is 15.8. The van der Waals surface area contributed by atoms with Crippen molar-refractivity contribution in [2.75, 3.05) is 18.8 Å². The van der Waals surface area contributed by atoms with Gasteiger partial charge in [0.05, 0.1) is 36.1 Å². The van der Waals surface area contributed by atoms with E-state index in [4.69, 9.17) is 14.5 Å². The van der Waals surface area contributed by atoms with Crippen LogP contribution in [0.25, 0.3) is 39.3 Å². The maximum absolute atomic E-state index is 9.51. The fourth-order valence-electron chi connectivity index (χ4n) is 4.60. The van der Waals surface area contributed by atoms with Crippen molar-refractivity contribution < 1.29 is 4.42 Å². The topological polar surface area (TPSA) is 104 Å². The zero-order valence-electron chi connectivity index (χ0n) is 18.3. The first-order valence-corrected chi connectivity index (χ1v) is 11.8. The second-order valence-corrected chi connectivity index (χ2v) is 9.68. The third-order valence-electron chi connectivity index (χ3n) is 6.14. The average molecular weight is 459 g/mol. The van der Waals surface area contributed by atoms with Crippen LogP contribution in [0.1, 0.15) is 19.1 Å². The first-order valence-electron chi connectivity index (χ1n) is 10.8. The zero-order chi connectivity index (χ0) is 22.6. The summed E-state index contributed by atoms with van der Waals surface area (Å²) in [6.07, 6.45) is 7.93. The monoisotopic (exact) mass is 458 g/mol. The number of nitriles is 1. The summed E-state index contributed by atoms with van der Waals surface area (Å²) in [5, 5.41) is 15.2. The molecule has 1 saturated heterocycles.